The average molecular weight is 784 g/mol. The average Bonchev–Trinajstić information content (AvgIpc) is 3.22. The molecule has 0 fully saturated rings. The van der Waals surface area contributed by atoms with Crippen LogP contribution in [-0.4, -0.2) is 17.1 Å². The standard InChI is InChI=1S/C30H22BrCl2IN2O4S/c1-3-39-29(38)25-16(2)35-30-36(26(25)20-9-5-7-11-22(20)33)28(37)24(41-30)13-18-12-19(31)14-23(34)27(18)40-15-17-8-4-6-10-21(17)32/h4-14,26H,3,15H2,1-2H3/b24-13-/t26-/m0/s1. The van der Waals surface area contributed by atoms with Gasteiger partial charge in [-0.15, -0.1) is 0 Å². The summed E-state index contributed by atoms with van der Waals surface area (Å²) < 4.78 is 15.2. The van der Waals surface area contributed by atoms with E-state index in [9.17, 15) is 9.59 Å². The fourth-order valence-corrected chi connectivity index (χ4v) is 7.70. The van der Waals surface area contributed by atoms with Crippen molar-refractivity contribution < 1.29 is 14.3 Å². The number of halogens is 4. The van der Waals surface area contributed by atoms with Crippen molar-refractivity contribution in [2.45, 2.75) is 26.5 Å². The fourth-order valence-electron chi connectivity index (χ4n) is 4.53. The molecule has 0 unspecified atom stereocenters. The lowest BCUT2D eigenvalue weighted by molar-refractivity contribution is -0.139. The van der Waals surface area contributed by atoms with Crippen molar-refractivity contribution in [3.63, 3.8) is 0 Å². The molecular weight excluding hydrogens is 762 g/mol. The van der Waals surface area contributed by atoms with Gasteiger partial charge in [0, 0.05) is 25.6 Å². The summed E-state index contributed by atoms with van der Waals surface area (Å²) in [7, 11) is 0. The van der Waals surface area contributed by atoms with Gasteiger partial charge in [-0.05, 0) is 72.3 Å². The highest BCUT2D eigenvalue weighted by molar-refractivity contribution is 14.1. The molecule has 0 N–H and O–H groups in total. The Balaban J connectivity index is 1.67. The van der Waals surface area contributed by atoms with Gasteiger partial charge in [0.15, 0.2) is 4.80 Å². The van der Waals surface area contributed by atoms with Crippen molar-refractivity contribution in [2.75, 3.05) is 6.61 Å². The third-order valence-corrected chi connectivity index (χ3v) is 9.33. The first kappa shape index (κ1) is 30.0. The molecule has 1 aromatic heterocycles. The molecule has 4 aromatic rings. The van der Waals surface area contributed by atoms with Gasteiger partial charge in [-0.2, -0.15) is 0 Å². The number of fused-ring (bicyclic) bond motifs is 1. The first-order valence-electron chi connectivity index (χ1n) is 12.5. The first-order valence-corrected chi connectivity index (χ1v) is 15.9. The second-order valence-electron chi connectivity index (χ2n) is 9.01. The SMILES string of the molecule is CCOC(=O)C1=C(C)N=c2s/c(=C\c3cc(Br)cc(I)c3OCc3ccccc3Cl)c(=O)n2[C@H]1c1ccccc1Cl. The Hall–Kier alpha value is -2.44. The van der Waals surface area contributed by atoms with Gasteiger partial charge in [0.2, 0.25) is 0 Å². The molecule has 0 saturated carbocycles. The van der Waals surface area contributed by atoms with Crippen LogP contribution in [0, 0.1) is 3.57 Å². The third kappa shape index (κ3) is 6.19. The molecule has 0 radical (unpaired) electrons. The zero-order valence-corrected chi connectivity index (χ0v) is 27.9. The molecule has 2 heterocycles. The molecule has 0 bridgehead atoms. The Morgan fingerprint density at radius 3 is 2.56 bits per heavy atom. The highest BCUT2D eigenvalue weighted by atomic mass is 127. The van der Waals surface area contributed by atoms with E-state index < -0.39 is 12.0 Å². The number of allylic oxidation sites excluding steroid dienone is 1. The Kier molecular flexibility index (Phi) is 9.40. The molecule has 1 aliphatic rings. The van der Waals surface area contributed by atoms with Gasteiger partial charge in [0.05, 0.1) is 26.0 Å². The summed E-state index contributed by atoms with van der Waals surface area (Å²) in [6.45, 7) is 3.92. The van der Waals surface area contributed by atoms with Gasteiger partial charge in [0.25, 0.3) is 5.56 Å². The number of esters is 1. The van der Waals surface area contributed by atoms with Gasteiger partial charge in [-0.25, -0.2) is 9.79 Å². The Morgan fingerprint density at radius 1 is 1.15 bits per heavy atom. The number of thiazole rings is 1. The van der Waals surface area contributed by atoms with Crippen LogP contribution in [0.15, 0.2) is 86.2 Å². The summed E-state index contributed by atoms with van der Waals surface area (Å²) in [6.07, 6.45) is 1.78. The molecule has 0 aliphatic carbocycles. The molecule has 1 aliphatic heterocycles. The number of nitrogens with zero attached hydrogens (tertiary/aromatic N) is 2. The number of carbonyl (C=O) groups excluding carboxylic acids is 1. The number of ether oxygens (including phenoxy) is 2. The van der Waals surface area contributed by atoms with E-state index >= 15 is 0 Å². The van der Waals surface area contributed by atoms with Crippen LogP contribution in [0.25, 0.3) is 6.08 Å². The largest absolute Gasteiger partial charge is 0.487 e. The quantitative estimate of drug-likeness (QED) is 0.149. The second kappa shape index (κ2) is 12.8. The minimum absolute atomic E-state index is 0.188. The molecule has 210 valence electrons. The van der Waals surface area contributed by atoms with Crippen molar-refractivity contribution in [2.24, 2.45) is 4.99 Å². The summed E-state index contributed by atoms with van der Waals surface area (Å²) in [5.74, 6) is 0.0790. The highest BCUT2D eigenvalue weighted by Crippen LogP contribution is 2.35. The zero-order chi connectivity index (χ0) is 29.3. The zero-order valence-electron chi connectivity index (χ0n) is 21.8. The molecule has 1 atom stereocenters. The monoisotopic (exact) mass is 782 g/mol. The van der Waals surface area contributed by atoms with E-state index in [1.165, 1.54) is 15.9 Å². The predicted molar refractivity (Wildman–Crippen MR) is 174 cm³/mol. The van der Waals surface area contributed by atoms with Gasteiger partial charge in [-0.1, -0.05) is 86.9 Å². The van der Waals surface area contributed by atoms with Crippen molar-refractivity contribution in [1.82, 2.24) is 4.57 Å². The van der Waals surface area contributed by atoms with Crippen LogP contribution >= 0.6 is 73.1 Å². The van der Waals surface area contributed by atoms with Crippen LogP contribution in [0.1, 0.15) is 36.6 Å². The van der Waals surface area contributed by atoms with E-state index in [0.717, 1.165) is 13.6 Å². The van der Waals surface area contributed by atoms with Crippen molar-refractivity contribution >= 4 is 85.1 Å². The number of aromatic nitrogens is 1. The Morgan fingerprint density at radius 2 is 1.85 bits per heavy atom. The minimum Gasteiger partial charge on any atom is -0.487 e. The van der Waals surface area contributed by atoms with Crippen LogP contribution in [0.2, 0.25) is 10.0 Å². The van der Waals surface area contributed by atoms with Crippen molar-refractivity contribution in [3.05, 3.63) is 126 Å². The summed E-state index contributed by atoms with van der Waals surface area (Å²) in [5, 5.41) is 1.04. The molecule has 11 heteroatoms. The maximum Gasteiger partial charge on any atom is 0.338 e. The summed E-state index contributed by atoms with van der Waals surface area (Å²) in [5.41, 5.74) is 2.61. The molecular formula is C30H22BrCl2IN2O4S. The number of rotatable bonds is 7. The highest BCUT2D eigenvalue weighted by Gasteiger charge is 2.34. The van der Waals surface area contributed by atoms with Crippen LogP contribution in [-0.2, 0) is 16.1 Å². The van der Waals surface area contributed by atoms with Crippen molar-refractivity contribution in [3.8, 4) is 5.75 Å². The molecule has 0 saturated heterocycles. The fraction of sp³-hybridized carbons (Fsp3) is 0.167. The lowest BCUT2D eigenvalue weighted by Crippen LogP contribution is -2.40. The number of hydrogen-bond acceptors (Lipinski definition) is 6. The van der Waals surface area contributed by atoms with Crippen LogP contribution < -0.4 is 19.6 Å². The third-order valence-electron chi connectivity index (χ3n) is 6.37. The normalized spacial score (nSPS) is 15.0. The van der Waals surface area contributed by atoms with Gasteiger partial charge in [0.1, 0.15) is 18.4 Å². The lowest BCUT2D eigenvalue weighted by atomic mass is 9.96. The smallest absolute Gasteiger partial charge is 0.338 e. The summed E-state index contributed by atoms with van der Waals surface area (Å²) in [6, 6.07) is 17.7. The molecule has 5 rings (SSSR count). The predicted octanol–water partition coefficient (Wildman–Crippen LogP) is 7.05. The first-order chi connectivity index (χ1) is 19.7. The van der Waals surface area contributed by atoms with Gasteiger partial charge < -0.3 is 9.47 Å². The van der Waals surface area contributed by atoms with Gasteiger partial charge >= 0.3 is 5.97 Å². The lowest BCUT2D eigenvalue weighted by Gasteiger charge is -2.25. The number of hydrogen-bond donors (Lipinski definition) is 0. The minimum atomic E-state index is -0.792. The van der Waals surface area contributed by atoms with E-state index in [0.29, 0.717) is 42.0 Å². The summed E-state index contributed by atoms with van der Waals surface area (Å²) >= 11 is 20.0. The Bertz CT molecular complexity index is 1890. The molecule has 3 aromatic carbocycles. The van der Waals surface area contributed by atoms with E-state index in [4.69, 9.17) is 32.7 Å². The number of benzene rings is 3. The van der Waals surface area contributed by atoms with E-state index in [-0.39, 0.29) is 24.3 Å². The Labute approximate surface area is 272 Å². The van der Waals surface area contributed by atoms with Crippen LogP contribution in [0.4, 0.5) is 0 Å². The van der Waals surface area contributed by atoms with E-state index in [1.54, 1.807) is 38.1 Å². The van der Waals surface area contributed by atoms with Gasteiger partial charge in [-0.3, -0.25) is 9.36 Å². The topological polar surface area (TPSA) is 69.9 Å². The molecule has 6 nitrogen and oxygen atoms in total. The van der Waals surface area contributed by atoms with Crippen LogP contribution in [0.3, 0.4) is 0 Å². The molecule has 41 heavy (non-hydrogen) atoms. The van der Waals surface area contributed by atoms with E-state index in [2.05, 4.69) is 43.5 Å². The molecule has 0 spiro atoms. The molecule has 0 amide bonds. The van der Waals surface area contributed by atoms with E-state index in [1.807, 2.05) is 42.5 Å². The van der Waals surface area contributed by atoms with Crippen molar-refractivity contribution in [1.29, 1.82) is 0 Å². The maximum absolute atomic E-state index is 14.0. The van der Waals surface area contributed by atoms with Crippen LogP contribution in [0.5, 0.6) is 5.75 Å². The second-order valence-corrected chi connectivity index (χ2v) is 12.9. The number of carbonyl (C=O) groups is 1. The maximum atomic E-state index is 14.0. The summed E-state index contributed by atoms with van der Waals surface area (Å²) in [4.78, 5) is 32.3.